The van der Waals surface area contributed by atoms with Gasteiger partial charge in [-0.2, -0.15) is 0 Å². The molecule has 0 fully saturated rings. The third kappa shape index (κ3) is 10.8. The van der Waals surface area contributed by atoms with Crippen LogP contribution in [0.25, 0.3) is 0 Å². The molecule has 0 unspecified atom stereocenters. The minimum atomic E-state index is -1.15. The van der Waals surface area contributed by atoms with Crippen molar-refractivity contribution in [3.8, 4) is 0 Å². The fourth-order valence-electron chi connectivity index (χ4n) is 4.35. The fourth-order valence-corrected chi connectivity index (χ4v) is 4.35. The minimum absolute atomic E-state index is 0.0211. The van der Waals surface area contributed by atoms with Crippen LogP contribution in [0.5, 0.6) is 0 Å². The third-order valence-corrected chi connectivity index (χ3v) is 6.79. The molecule has 3 atom stereocenters. The lowest BCUT2D eigenvalue weighted by Gasteiger charge is -2.23. The number of hydrogen-bond donors (Lipinski definition) is 2. The van der Waals surface area contributed by atoms with E-state index in [0.717, 1.165) is 11.1 Å². The van der Waals surface area contributed by atoms with Crippen LogP contribution in [0.4, 0.5) is 0 Å². The first-order valence-electron chi connectivity index (χ1n) is 13.2. The molecular weight excluding hydrogens is 482 g/mol. The normalized spacial score (nSPS) is 13.4. The summed E-state index contributed by atoms with van der Waals surface area (Å²) >= 11 is 0. The topological polar surface area (TPSA) is 118 Å². The van der Waals surface area contributed by atoms with Crippen LogP contribution in [-0.4, -0.2) is 40.4 Å². The predicted octanol–water partition coefficient (Wildman–Crippen LogP) is 4.61. The number of carboxylic acids is 1. The van der Waals surface area contributed by atoms with Crippen molar-refractivity contribution in [2.75, 3.05) is 0 Å². The van der Waals surface area contributed by atoms with E-state index >= 15 is 0 Å². The van der Waals surface area contributed by atoms with Crippen molar-refractivity contribution in [3.63, 3.8) is 0 Å². The highest BCUT2D eigenvalue weighted by molar-refractivity contribution is 5.95. The van der Waals surface area contributed by atoms with Crippen LogP contribution < -0.4 is 5.32 Å². The number of aliphatic carboxylic acids is 1. The van der Waals surface area contributed by atoms with Crippen molar-refractivity contribution in [3.05, 3.63) is 71.8 Å². The second kappa shape index (κ2) is 15.6. The first kappa shape index (κ1) is 30.6. The van der Waals surface area contributed by atoms with Crippen molar-refractivity contribution in [1.82, 2.24) is 5.32 Å². The van der Waals surface area contributed by atoms with E-state index in [1.807, 2.05) is 74.5 Å². The molecule has 0 saturated heterocycles. The number of amides is 1. The molecule has 38 heavy (non-hydrogen) atoms. The van der Waals surface area contributed by atoms with Crippen molar-refractivity contribution < 1.29 is 29.1 Å². The first-order valence-corrected chi connectivity index (χ1v) is 13.2. The van der Waals surface area contributed by atoms with Gasteiger partial charge in [-0.25, -0.2) is 0 Å². The zero-order valence-electron chi connectivity index (χ0n) is 22.5. The van der Waals surface area contributed by atoms with Crippen LogP contribution in [0.2, 0.25) is 0 Å². The molecule has 0 radical (unpaired) electrons. The Morgan fingerprint density at radius 1 is 0.711 bits per heavy atom. The van der Waals surface area contributed by atoms with Gasteiger partial charge in [-0.15, -0.1) is 0 Å². The first-order chi connectivity index (χ1) is 18.1. The Morgan fingerprint density at radius 2 is 1.24 bits per heavy atom. The maximum atomic E-state index is 13.0. The summed E-state index contributed by atoms with van der Waals surface area (Å²) in [5.74, 6) is -3.91. The average Bonchev–Trinajstić information content (AvgIpc) is 2.89. The lowest BCUT2D eigenvalue weighted by Crippen LogP contribution is -2.44. The highest BCUT2D eigenvalue weighted by Crippen LogP contribution is 2.20. The summed E-state index contributed by atoms with van der Waals surface area (Å²) in [4.78, 5) is 62.6. The summed E-state index contributed by atoms with van der Waals surface area (Å²) < 4.78 is 0. The van der Waals surface area contributed by atoms with Crippen LogP contribution in [-0.2, 0) is 36.8 Å². The summed E-state index contributed by atoms with van der Waals surface area (Å²) in [6, 6.07) is 18.1. The van der Waals surface area contributed by atoms with E-state index in [-0.39, 0.29) is 42.7 Å². The summed E-state index contributed by atoms with van der Waals surface area (Å²) in [6.45, 7) is 5.24. The largest absolute Gasteiger partial charge is 0.481 e. The molecule has 2 aromatic rings. The third-order valence-electron chi connectivity index (χ3n) is 6.79. The number of aryl methyl sites for hydroxylation is 2. The van der Waals surface area contributed by atoms with E-state index < -0.39 is 36.1 Å². The predicted molar refractivity (Wildman–Crippen MR) is 145 cm³/mol. The fraction of sp³-hybridized carbons (Fsp3) is 0.452. The van der Waals surface area contributed by atoms with Gasteiger partial charge in [0.25, 0.3) is 0 Å². The Balaban J connectivity index is 1.92. The Morgan fingerprint density at radius 3 is 1.74 bits per heavy atom. The summed E-state index contributed by atoms with van der Waals surface area (Å²) in [5.41, 5.74) is 2.01. The highest BCUT2D eigenvalue weighted by Gasteiger charge is 2.30. The van der Waals surface area contributed by atoms with Gasteiger partial charge in [0, 0.05) is 37.5 Å². The highest BCUT2D eigenvalue weighted by atomic mass is 16.4. The van der Waals surface area contributed by atoms with E-state index in [9.17, 15) is 29.1 Å². The van der Waals surface area contributed by atoms with Gasteiger partial charge < -0.3 is 10.4 Å². The molecule has 0 aromatic heterocycles. The molecule has 0 aliphatic carbocycles. The minimum Gasteiger partial charge on any atom is -0.481 e. The monoisotopic (exact) mass is 521 g/mol. The Hall–Kier alpha value is -3.61. The standard InChI is InChI=1S/C31H39NO6/c1-21(2)27(20-26(33)16-14-23-10-6-4-7-11-23)31(38)32-22(3)29(35)18-25(19-30(36)37)28(34)17-15-24-12-8-5-9-13-24/h4-13,21-22,25,27H,14-20H2,1-3H3,(H,32,38)(H,36,37)/t22-,25-,27-/m0/s1. The van der Waals surface area contributed by atoms with E-state index in [1.165, 1.54) is 6.92 Å². The summed E-state index contributed by atoms with van der Waals surface area (Å²) in [5, 5.41) is 12.0. The van der Waals surface area contributed by atoms with Crippen molar-refractivity contribution in [2.24, 2.45) is 17.8 Å². The average molecular weight is 522 g/mol. The molecule has 0 saturated carbocycles. The van der Waals surface area contributed by atoms with Crippen LogP contribution in [0.1, 0.15) is 64.0 Å². The maximum absolute atomic E-state index is 13.0. The molecule has 7 heteroatoms. The van der Waals surface area contributed by atoms with Crippen LogP contribution in [0.3, 0.4) is 0 Å². The number of rotatable bonds is 17. The Kier molecular flexibility index (Phi) is 12.6. The smallest absolute Gasteiger partial charge is 0.304 e. The molecular formula is C31H39NO6. The number of nitrogens with one attached hydrogen (secondary N) is 1. The maximum Gasteiger partial charge on any atom is 0.304 e. The van der Waals surface area contributed by atoms with Gasteiger partial charge in [0.05, 0.1) is 12.5 Å². The number of carbonyl (C=O) groups is 5. The number of hydrogen-bond acceptors (Lipinski definition) is 5. The molecule has 0 heterocycles. The van der Waals surface area contributed by atoms with Crippen LogP contribution >= 0.6 is 0 Å². The molecule has 0 aliphatic heterocycles. The zero-order chi connectivity index (χ0) is 28.1. The molecule has 204 valence electrons. The molecule has 2 rings (SSSR count). The number of carboxylic acid groups (broad SMARTS) is 1. The quantitative estimate of drug-likeness (QED) is 0.314. The van der Waals surface area contributed by atoms with E-state index in [2.05, 4.69) is 5.32 Å². The van der Waals surface area contributed by atoms with Gasteiger partial charge in [-0.1, -0.05) is 74.5 Å². The van der Waals surface area contributed by atoms with Gasteiger partial charge in [0.1, 0.15) is 11.6 Å². The number of benzene rings is 2. The van der Waals surface area contributed by atoms with Gasteiger partial charge >= 0.3 is 5.97 Å². The molecule has 1 amide bonds. The van der Waals surface area contributed by atoms with Gasteiger partial charge in [-0.05, 0) is 36.8 Å². The SMILES string of the molecule is CC(C)[C@H](CC(=O)CCc1ccccc1)C(=O)N[C@@H](C)C(=O)C[C@@H](CC(=O)O)C(=O)CCc1ccccc1. The molecule has 0 spiro atoms. The molecule has 0 bridgehead atoms. The number of ketones is 3. The summed E-state index contributed by atoms with van der Waals surface area (Å²) in [7, 11) is 0. The van der Waals surface area contributed by atoms with Crippen molar-refractivity contribution >= 4 is 29.2 Å². The molecule has 2 aromatic carbocycles. The zero-order valence-corrected chi connectivity index (χ0v) is 22.5. The molecule has 7 nitrogen and oxygen atoms in total. The van der Waals surface area contributed by atoms with E-state index in [0.29, 0.717) is 19.3 Å². The van der Waals surface area contributed by atoms with Crippen molar-refractivity contribution in [2.45, 2.75) is 71.8 Å². The van der Waals surface area contributed by atoms with E-state index in [1.54, 1.807) is 0 Å². The van der Waals surface area contributed by atoms with Crippen LogP contribution in [0, 0.1) is 17.8 Å². The van der Waals surface area contributed by atoms with Gasteiger partial charge in [0.15, 0.2) is 5.78 Å². The van der Waals surface area contributed by atoms with Gasteiger partial charge in [0.2, 0.25) is 5.91 Å². The lowest BCUT2D eigenvalue weighted by atomic mass is 9.87. The number of carbonyl (C=O) groups excluding carboxylic acids is 4. The van der Waals surface area contributed by atoms with E-state index in [4.69, 9.17) is 0 Å². The molecule has 2 N–H and O–H groups in total. The van der Waals surface area contributed by atoms with Crippen LogP contribution in [0.15, 0.2) is 60.7 Å². The Labute approximate surface area is 225 Å². The second-order valence-electron chi connectivity index (χ2n) is 10.2. The van der Waals surface area contributed by atoms with Crippen molar-refractivity contribution in [1.29, 1.82) is 0 Å². The molecule has 0 aliphatic rings. The van der Waals surface area contributed by atoms with Gasteiger partial charge in [-0.3, -0.25) is 24.0 Å². The Bertz CT molecular complexity index is 1080. The number of Topliss-reactive ketones (excluding diaryl/α,β-unsaturated/α-hetero) is 3. The summed E-state index contributed by atoms with van der Waals surface area (Å²) in [6.07, 6.45) is 0.910. The second-order valence-corrected chi connectivity index (χ2v) is 10.2. The lowest BCUT2D eigenvalue weighted by molar-refractivity contribution is -0.141.